The van der Waals surface area contributed by atoms with Gasteiger partial charge in [0.1, 0.15) is 5.75 Å². The summed E-state index contributed by atoms with van der Waals surface area (Å²) in [6.45, 7) is 2.30. The summed E-state index contributed by atoms with van der Waals surface area (Å²) in [6, 6.07) is 7.67. The second-order valence-electron chi connectivity index (χ2n) is 6.71. The Bertz CT molecular complexity index is 514. The average molecular weight is 302 g/mol. The molecule has 22 heavy (non-hydrogen) atoms. The minimum Gasteiger partial charge on any atom is -0.497 e. The maximum absolute atomic E-state index is 12.5. The maximum Gasteiger partial charge on any atom is 0.251 e. The van der Waals surface area contributed by atoms with Crippen LogP contribution in [0.3, 0.4) is 0 Å². The quantitative estimate of drug-likeness (QED) is 0.933. The standard InChI is InChI=1S/C18H26N2O2/c1-20-11-10-13-4-3-5-17(16(13)12-20)19-18(21)14-6-8-15(22-2)9-7-14/h6-9,13,16-17H,3-5,10-12H2,1-2H3,(H,19,21)/t13-,16-,17?/m1/s1. The zero-order valence-corrected chi connectivity index (χ0v) is 13.5. The van der Waals surface area contributed by atoms with Crippen molar-refractivity contribution >= 4 is 5.91 Å². The van der Waals surface area contributed by atoms with Crippen molar-refractivity contribution in [3.05, 3.63) is 29.8 Å². The van der Waals surface area contributed by atoms with Crippen LogP contribution in [0.15, 0.2) is 24.3 Å². The summed E-state index contributed by atoms with van der Waals surface area (Å²) in [5.41, 5.74) is 0.715. The van der Waals surface area contributed by atoms with Crippen LogP contribution < -0.4 is 10.1 Å². The van der Waals surface area contributed by atoms with Gasteiger partial charge in [0, 0.05) is 18.2 Å². The molecule has 2 aliphatic rings. The highest BCUT2D eigenvalue weighted by atomic mass is 16.5. The number of hydrogen-bond acceptors (Lipinski definition) is 3. The SMILES string of the molecule is COc1ccc(C(=O)NC2CCC[C@@H]3CCN(C)C[C@@H]23)cc1. The third-order valence-electron chi connectivity index (χ3n) is 5.29. The first-order chi connectivity index (χ1) is 10.7. The normalized spacial score (nSPS) is 28.7. The van der Waals surface area contributed by atoms with Crippen molar-refractivity contribution in [2.24, 2.45) is 11.8 Å². The Morgan fingerprint density at radius 2 is 2.00 bits per heavy atom. The van der Waals surface area contributed by atoms with Crippen LogP contribution in [-0.2, 0) is 0 Å². The fourth-order valence-electron chi connectivity index (χ4n) is 4.00. The molecule has 4 heteroatoms. The Labute approximate surface area is 132 Å². The summed E-state index contributed by atoms with van der Waals surface area (Å²) in [4.78, 5) is 14.9. The zero-order chi connectivity index (χ0) is 15.5. The molecule has 3 rings (SSSR count). The van der Waals surface area contributed by atoms with E-state index < -0.39 is 0 Å². The van der Waals surface area contributed by atoms with Gasteiger partial charge in [0.15, 0.2) is 0 Å². The highest BCUT2D eigenvalue weighted by Gasteiger charge is 2.37. The lowest BCUT2D eigenvalue weighted by Crippen LogP contribution is -2.52. The summed E-state index contributed by atoms with van der Waals surface area (Å²) in [5, 5.41) is 3.29. The number of benzene rings is 1. The van der Waals surface area contributed by atoms with Crippen LogP contribution in [-0.4, -0.2) is 44.1 Å². The molecule has 1 aliphatic heterocycles. The van der Waals surface area contributed by atoms with Crippen molar-refractivity contribution < 1.29 is 9.53 Å². The molecule has 0 bridgehead atoms. The van der Waals surface area contributed by atoms with Gasteiger partial charge in [-0.25, -0.2) is 0 Å². The molecular weight excluding hydrogens is 276 g/mol. The molecule has 120 valence electrons. The highest BCUT2D eigenvalue weighted by molar-refractivity contribution is 5.94. The monoisotopic (exact) mass is 302 g/mol. The number of nitrogens with zero attached hydrogens (tertiary/aromatic N) is 1. The lowest BCUT2D eigenvalue weighted by Gasteiger charge is -2.44. The number of carbonyl (C=O) groups is 1. The van der Waals surface area contributed by atoms with E-state index >= 15 is 0 Å². The van der Waals surface area contributed by atoms with Crippen molar-refractivity contribution in [2.75, 3.05) is 27.2 Å². The Morgan fingerprint density at radius 3 is 2.73 bits per heavy atom. The van der Waals surface area contributed by atoms with Gasteiger partial charge in [-0.2, -0.15) is 0 Å². The van der Waals surface area contributed by atoms with Crippen LogP contribution >= 0.6 is 0 Å². The van der Waals surface area contributed by atoms with Crippen LogP contribution in [0.2, 0.25) is 0 Å². The van der Waals surface area contributed by atoms with Gasteiger partial charge >= 0.3 is 0 Å². The van der Waals surface area contributed by atoms with E-state index in [2.05, 4.69) is 17.3 Å². The molecule has 3 atom stereocenters. The predicted molar refractivity (Wildman–Crippen MR) is 87.2 cm³/mol. The molecule has 0 spiro atoms. The van der Waals surface area contributed by atoms with E-state index in [0.29, 0.717) is 17.5 Å². The topological polar surface area (TPSA) is 41.6 Å². The molecule has 1 heterocycles. The number of fused-ring (bicyclic) bond motifs is 1. The Morgan fingerprint density at radius 1 is 1.23 bits per heavy atom. The number of likely N-dealkylation sites (tertiary alicyclic amines) is 1. The van der Waals surface area contributed by atoms with Crippen molar-refractivity contribution in [1.29, 1.82) is 0 Å². The maximum atomic E-state index is 12.5. The molecule has 1 N–H and O–H groups in total. The van der Waals surface area contributed by atoms with Gasteiger partial charge in [-0.05, 0) is 69.0 Å². The number of nitrogens with one attached hydrogen (secondary N) is 1. The van der Waals surface area contributed by atoms with E-state index in [-0.39, 0.29) is 5.91 Å². The van der Waals surface area contributed by atoms with Crippen LogP contribution in [0, 0.1) is 11.8 Å². The number of hydrogen-bond donors (Lipinski definition) is 1. The molecule has 1 saturated heterocycles. The molecule has 1 unspecified atom stereocenters. The van der Waals surface area contributed by atoms with E-state index in [1.807, 2.05) is 24.3 Å². The first-order valence-corrected chi connectivity index (χ1v) is 8.31. The van der Waals surface area contributed by atoms with E-state index in [0.717, 1.165) is 24.6 Å². The lowest BCUT2D eigenvalue weighted by molar-refractivity contribution is 0.0650. The second-order valence-corrected chi connectivity index (χ2v) is 6.71. The van der Waals surface area contributed by atoms with Crippen molar-refractivity contribution in [1.82, 2.24) is 10.2 Å². The van der Waals surface area contributed by atoms with Crippen LogP contribution in [0.1, 0.15) is 36.0 Å². The van der Waals surface area contributed by atoms with Gasteiger partial charge in [-0.3, -0.25) is 4.79 Å². The van der Waals surface area contributed by atoms with E-state index in [1.54, 1.807) is 7.11 Å². The molecule has 1 aliphatic carbocycles. The Balaban J connectivity index is 1.66. The predicted octanol–water partition coefficient (Wildman–Crippen LogP) is 2.55. The van der Waals surface area contributed by atoms with Crippen LogP contribution in [0.5, 0.6) is 5.75 Å². The van der Waals surface area contributed by atoms with Crippen LogP contribution in [0.25, 0.3) is 0 Å². The van der Waals surface area contributed by atoms with E-state index in [4.69, 9.17) is 4.74 Å². The second kappa shape index (κ2) is 6.69. The smallest absolute Gasteiger partial charge is 0.251 e. The summed E-state index contributed by atoms with van der Waals surface area (Å²) in [7, 11) is 3.82. The molecule has 0 radical (unpaired) electrons. The van der Waals surface area contributed by atoms with Gasteiger partial charge in [0.2, 0.25) is 0 Å². The third kappa shape index (κ3) is 3.27. The number of carbonyl (C=O) groups excluding carboxylic acids is 1. The molecule has 1 aromatic rings. The van der Waals surface area contributed by atoms with Gasteiger partial charge in [0.25, 0.3) is 5.91 Å². The fraction of sp³-hybridized carbons (Fsp3) is 0.611. The van der Waals surface area contributed by atoms with Gasteiger partial charge in [0.05, 0.1) is 7.11 Å². The minimum absolute atomic E-state index is 0.0431. The van der Waals surface area contributed by atoms with Crippen molar-refractivity contribution in [3.8, 4) is 5.75 Å². The van der Waals surface area contributed by atoms with Gasteiger partial charge in [-0.1, -0.05) is 6.42 Å². The third-order valence-corrected chi connectivity index (χ3v) is 5.29. The summed E-state index contributed by atoms with van der Waals surface area (Å²) in [6.07, 6.45) is 4.94. The Hall–Kier alpha value is -1.55. The Kier molecular flexibility index (Phi) is 4.67. The molecule has 0 aromatic heterocycles. The summed E-state index contributed by atoms with van der Waals surface area (Å²) in [5.74, 6) is 2.21. The van der Waals surface area contributed by atoms with E-state index in [9.17, 15) is 4.79 Å². The van der Waals surface area contributed by atoms with Crippen LogP contribution in [0.4, 0.5) is 0 Å². The van der Waals surface area contributed by atoms with E-state index in [1.165, 1.54) is 25.8 Å². The van der Waals surface area contributed by atoms with Gasteiger partial charge in [-0.15, -0.1) is 0 Å². The largest absolute Gasteiger partial charge is 0.497 e. The first-order valence-electron chi connectivity index (χ1n) is 8.31. The lowest BCUT2D eigenvalue weighted by atomic mass is 9.72. The van der Waals surface area contributed by atoms with Gasteiger partial charge < -0.3 is 15.0 Å². The average Bonchev–Trinajstić information content (AvgIpc) is 2.55. The molecular formula is C18H26N2O2. The molecule has 1 amide bonds. The number of rotatable bonds is 3. The number of piperidine rings is 1. The molecule has 1 aromatic carbocycles. The molecule has 1 saturated carbocycles. The first kappa shape index (κ1) is 15.3. The number of amides is 1. The molecule has 2 fully saturated rings. The van der Waals surface area contributed by atoms with Crippen molar-refractivity contribution in [2.45, 2.75) is 31.7 Å². The van der Waals surface area contributed by atoms with Crippen molar-refractivity contribution in [3.63, 3.8) is 0 Å². The summed E-state index contributed by atoms with van der Waals surface area (Å²) >= 11 is 0. The summed E-state index contributed by atoms with van der Waals surface area (Å²) < 4.78 is 5.14. The zero-order valence-electron chi connectivity index (χ0n) is 13.5. The fourth-order valence-corrected chi connectivity index (χ4v) is 4.00. The number of methoxy groups -OCH3 is 1. The minimum atomic E-state index is 0.0431. The number of ether oxygens (including phenoxy) is 1. The molecule has 4 nitrogen and oxygen atoms in total. The highest BCUT2D eigenvalue weighted by Crippen LogP contribution is 2.36.